The fourth-order valence-corrected chi connectivity index (χ4v) is 1.69. The van der Waals surface area contributed by atoms with E-state index in [-0.39, 0.29) is 5.75 Å². The van der Waals surface area contributed by atoms with Crippen molar-refractivity contribution in [1.82, 2.24) is 4.90 Å². The van der Waals surface area contributed by atoms with Gasteiger partial charge in [-0.3, -0.25) is 0 Å². The summed E-state index contributed by atoms with van der Waals surface area (Å²) in [6.45, 7) is 0. The summed E-state index contributed by atoms with van der Waals surface area (Å²) in [5.74, 6) is 0.359. The molecule has 72 valence electrons. The first kappa shape index (κ1) is 11.7. The Morgan fingerprint density at radius 2 is 2.08 bits per heavy atom. The van der Waals surface area contributed by atoms with Gasteiger partial charge in [-0.25, -0.2) is 8.42 Å². The van der Waals surface area contributed by atoms with Crippen molar-refractivity contribution in [3.63, 3.8) is 0 Å². The highest BCUT2D eigenvalue weighted by Gasteiger charge is 2.05. The summed E-state index contributed by atoms with van der Waals surface area (Å²) >= 11 is 5.34. The second-order valence-corrected chi connectivity index (χ2v) is 4.67. The van der Waals surface area contributed by atoms with E-state index in [2.05, 4.69) is 4.40 Å². The second-order valence-electron chi connectivity index (χ2n) is 2.51. The lowest BCUT2D eigenvalue weighted by Crippen LogP contribution is -2.11. The monoisotopic (exact) mass is 212 g/mol. The van der Waals surface area contributed by atoms with Gasteiger partial charge in [-0.2, -0.15) is 4.40 Å². The summed E-state index contributed by atoms with van der Waals surface area (Å²) in [5, 5.41) is 0. The molecule has 0 unspecified atom stereocenters. The van der Waals surface area contributed by atoms with Crippen molar-refractivity contribution in [2.75, 3.05) is 25.7 Å². The van der Waals surface area contributed by atoms with E-state index >= 15 is 0 Å². The van der Waals surface area contributed by atoms with Gasteiger partial charge in [-0.1, -0.05) is 0 Å². The van der Waals surface area contributed by atoms with E-state index in [0.29, 0.717) is 12.3 Å². The van der Waals surface area contributed by atoms with Gasteiger partial charge in [-0.05, 0) is 6.42 Å². The van der Waals surface area contributed by atoms with E-state index < -0.39 is 10.0 Å². The number of nitrogens with zero attached hydrogens (tertiary/aromatic N) is 2. The van der Waals surface area contributed by atoms with Crippen LogP contribution in [0.15, 0.2) is 4.40 Å². The molecule has 0 amide bonds. The molecule has 0 rings (SSSR count). The zero-order valence-electron chi connectivity index (χ0n) is 7.20. The zero-order chi connectivity index (χ0) is 9.61. The Balaban J connectivity index is 4.05. The molecule has 0 bridgehead atoms. The molecule has 0 aliphatic heterocycles. The molecule has 0 aliphatic rings. The summed E-state index contributed by atoms with van der Waals surface area (Å²) in [6.07, 6.45) is 1.71. The Morgan fingerprint density at radius 1 is 1.50 bits per heavy atom. The molecule has 0 N–H and O–H groups in total. The quantitative estimate of drug-likeness (QED) is 0.380. The number of hydrogen-bond donors (Lipinski definition) is 0. The van der Waals surface area contributed by atoms with E-state index in [1.807, 2.05) is 0 Å². The topological polar surface area (TPSA) is 49.7 Å². The molecular formula is C6H13ClN2O2S. The van der Waals surface area contributed by atoms with E-state index in [9.17, 15) is 8.42 Å². The number of rotatable bonds is 5. The van der Waals surface area contributed by atoms with Gasteiger partial charge in [0.2, 0.25) is 0 Å². The van der Waals surface area contributed by atoms with Crippen molar-refractivity contribution in [1.29, 1.82) is 0 Å². The van der Waals surface area contributed by atoms with Crippen molar-refractivity contribution in [3.8, 4) is 0 Å². The largest absolute Gasteiger partial charge is 0.368 e. The predicted octanol–water partition coefficient (Wildman–Crippen LogP) is 0.535. The highest BCUT2D eigenvalue weighted by Crippen LogP contribution is 1.96. The van der Waals surface area contributed by atoms with Crippen molar-refractivity contribution in [3.05, 3.63) is 0 Å². The molecule has 4 nitrogen and oxygen atoms in total. The summed E-state index contributed by atoms with van der Waals surface area (Å²) in [6, 6.07) is 0. The molecule has 6 heteroatoms. The minimum absolute atomic E-state index is 0.0147. The van der Waals surface area contributed by atoms with Gasteiger partial charge in [0.1, 0.15) is 6.34 Å². The molecule has 0 atom stereocenters. The minimum Gasteiger partial charge on any atom is -0.368 e. The first-order chi connectivity index (χ1) is 5.48. The van der Waals surface area contributed by atoms with Gasteiger partial charge in [0, 0.05) is 20.0 Å². The number of alkyl halides is 1. The molecule has 0 aromatic rings. The van der Waals surface area contributed by atoms with E-state index in [1.165, 1.54) is 6.34 Å². The fraction of sp³-hybridized carbons (Fsp3) is 0.833. The van der Waals surface area contributed by atoms with Crippen LogP contribution in [0.1, 0.15) is 6.42 Å². The fourth-order valence-electron chi connectivity index (χ4n) is 0.456. The standard InChI is InChI=1S/C6H13ClN2O2S/c1-9(2)6-8-12(10,11)5-3-4-7/h6H,3-5H2,1-2H3/b8-6-. The van der Waals surface area contributed by atoms with E-state index in [0.717, 1.165) is 0 Å². The first-order valence-electron chi connectivity index (χ1n) is 3.48. The van der Waals surface area contributed by atoms with Crippen LogP contribution in [0.2, 0.25) is 0 Å². The van der Waals surface area contributed by atoms with Crippen LogP contribution in [0, 0.1) is 0 Å². The van der Waals surface area contributed by atoms with Crippen LogP contribution in [0.25, 0.3) is 0 Å². The Hall–Kier alpha value is -0.290. The van der Waals surface area contributed by atoms with E-state index in [1.54, 1.807) is 19.0 Å². The maximum atomic E-state index is 11.0. The van der Waals surface area contributed by atoms with Crippen molar-refractivity contribution in [2.24, 2.45) is 4.40 Å². The third-order valence-electron chi connectivity index (χ3n) is 0.975. The van der Waals surface area contributed by atoms with Crippen LogP contribution in [-0.4, -0.2) is 45.4 Å². The molecule has 0 fully saturated rings. The molecular weight excluding hydrogens is 200 g/mol. The lowest BCUT2D eigenvalue weighted by molar-refractivity contribution is 0.593. The Bertz CT molecular complexity index is 236. The average molecular weight is 213 g/mol. The number of sulfonamides is 1. The van der Waals surface area contributed by atoms with Crippen LogP contribution < -0.4 is 0 Å². The Morgan fingerprint density at radius 3 is 2.50 bits per heavy atom. The molecule has 0 radical (unpaired) electrons. The van der Waals surface area contributed by atoms with Gasteiger partial charge in [0.05, 0.1) is 5.75 Å². The lowest BCUT2D eigenvalue weighted by Gasteiger charge is -2.01. The number of hydrogen-bond acceptors (Lipinski definition) is 2. The maximum absolute atomic E-state index is 11.0. The van der Waals surface area contributed by atoms with Gasteiger partial charge in [0.15, 0.2) is 0 Å². The molecule has 0 heterocycles. The Kier molecular flexibility index (Phi) is 5.24. The highest BCUT2D eigenvalue weighted by molar-refractivity contribution is 7.90. The van der Waals surface area contributed by atoms with Gasteiger partial charge in [0.25, 0.3) is 10.0 Å². The normalized spacial score (nSPS) is 12.2. The summed E-state index contributed by atoms with van der Waals surface area (Å²) in [4.78, 5) is 1.57. The molecule has 0 aliphatic carbocycles. The second kappa shape index (κ2) is 5.37. The third-order valence-corrected chi connectivity index (χ3v) is 2.46. The zero-order valence-corrected chi connectivity index (χ0v) is 8.77. The van der Waals surface area contributed by atoms with Crippen molar-refractivity contribution in [2.45, 2.75) is 6.42 Å². The summed E-state index contributed by atoms with van der Waals surface area (Å²) in [7, 11) is 0.122. The summed E-state index contributed by atoms with van der Waals surface area (Å²) < 4.78 is 25.4. The molecule has 0 saturated heterocycles. The first-order valence-corrected chi connectivity index (χ1v) is 5.63. The minimum atomic E-state index is -3.30. The molecule has 0 aromatic carbocycles. The predicted molar refractivity (Wildman–Crippen MR) is 51.3 cm³/mol. The van der Waals surface area contributed by atoms with Crippen LogP contribution >= 0.6 is 11.6 Å². The number of halogens is 1. The third kappa shape index (κ3) is 6.42. The summed E-state index contributed by atoms with van der Waals surface area (Å²) in [5.41, 5.74) is 0. The Labute approximate surface area is 78.3 Å². The molecule has 0 spiro atoms. The smallest absolute Gasteiger partial charge is 0.254 e. The average Bonchev–Trinajstić information content (AvgIpc) is 1.98. The SMILES string of the molecule is CN(C)/C=N\S(=O)(=O)CCCCl. The molecule has 0 aromatic heterocycles. The van der Waals surface area contributed by atoms with Crippen LogP contribution in [0.4, 0.5) is 0 Å². The highest BCUT2D eigenvalue weighted by atomic mass is 35.5. The van der Waals surface area contributed by atoms with Crippen LogP contribution in [0.3, 0.4) is 0 Å². The van der Waals surface area contributed by atoms with E-state index in [4.69, 9.17) is 11.6 Å². The maximum Gasteiger partial charge on any atom is 0.254 e. The lowest BCUT2D eigenvalue weighted by atomic mass is 10.6. The van der Waals surface area contributed by atoms with Crippen molar-refractivity contribution >= 4 is 28.0 Å². The molecule has 12 heavy (non-hydrogen) atoms. The van der Waals surface area contributed by atoms with Crippen molar-refractivity contribution < 1.29 is 8.42 Å². The van der Waals surface area contributed by atoms with Gasteiger partial charge in [-0.15, -0.1) is 11.6 Å². The van der Waals surface area contributed by atoms with Crippen LogP contribution in [0.5, 0.6) is 0 Å². The van der Waals surface area contributed by atoms with Gasteiger partial charge >= 0.3 is 0 Å². The van der Waals surface area contributed by atoms with Gasteiger partial charge < -0.3 is 4.90 Å². The molecule has 0 saturated carbocycles. The van der Waals surface area contributed by atoms with Crippen LogP contribution in [-0.2, 0) is 10.0 Å².